The predicted octanol–water partition coefficient (Wildman–Crippen LogP) is 5.16. The second kappa shape index (κ2) is 14.0. The SMILES string of the molecule is C=CCN(Cc1ccccc1)C(=O)[C@H]1[C@H]2C(=O)N([C@@H](CO)Cc3ccccc3)C(C(=O)N(CC=C)C3CCCCC3)C23CC(C)[C@]1(C)O3. The number of carbonyl (C=O) groups is 3. The van der Waals surface area contributed by atoms with Gasteiger partial charge in [-0.05, 0) is 49.7 Å². The Morgan fingerprint density at radius 2 is 1.60 bits per heavy atom. The molecule has 256 valence electrons. The van der Waals surface area contributed by atoms with Crippen molar-refractivity contribution in [3.63, 3.8) is 0 Å². The smallest absolute Gasteiger partial charge is 0.248 e. The zero-order valence-electron chi connectivity index (χ0n) is 28.5. The van der Waals surface area contributed by atoms with Crippen molar-refractivity contribution in [2.24, 2.45) is 17.8 Å². The summed E-state index contributed by atoms with van der Waals surface area (Å²) in [5, 5.41) is 10.9. The zero-order chi connectivity index (χ0) is 34.1. The lowest BCUT2D eigenvalue weighted by molar-refractivity contribution is -0.159. The first-order valence-corrected chi connectivity index (χ1v) is 17.7. The zero-order valence-corrected chi connectivity index (χ0v) is 28.5. The minimum absolute atomic E-state index is 0.0383. The van der Waals surface area contributed by atoms with Crippen molar-refractivity contribution >= 4 is 17.7 Å². The molecule has 4 aliphatic rings. The minimum atomic E-state index is -1.20. The lowest BCUT2D eigenvalue weighted by Crippen LogP contribution is -2.60. The van der Waals surface area contributed by atoms with Gasteiger partial charge < -0.3 is 24.5 Å². The Morgan fingerprint density at radius 1 is 0.979 bits per heavy atom. The molecule has 1 N–H and O–H groups in total. The molecule has 0 aromatic heterocycles. The number of likely N-dealkylation sites (tertiary alicyclic amines) is 1. The van der Waals surface area contributed by atoms with Crippen LogP contribution in [0.3, 0.4) is 0 Å². The quantitative estimate of drug-likeness (QED) is 0.302. The number of aliphatic hydroxyl groups excluding tert-OH is 1. The van der Waals surface area contributed by atoms with Gasteiger partial charge in [-0.1, -0.05) is 99.0 Å². The first kappa shape index (κ1) is 34.1. The molecular weight excluding hydrogens is 602 g/mol. The highest BCUT2D eigenvalue weighted by Gasteiger charge is 2.80. The first-order valence-electron chi connectivity index (χ1n) is 17.7. The molecule has 1 spiro atoms. The van der Waals surface area contributed by atoms with Crippen LogP contribution in [0.4, 0.5) is 0 Å². The Labute approximate surface area is 285 Å². The van der Waals surface area contributed by atoms with Crippen molar-refractivity contribution in [1.82, 2.24) is 14.7 Å². The number of nitrogens with zero attached hydrogens (tertiary/aromatic N) is 3. The summed E-state index contributed by atoms with van der Waals surface area (Å²) in [5.41, 5.74) is -0.209. The molecule has 3 heterocycles. The molecule has 1 saturated carbocycles. The summed E-state index contributed by atoms with van der Waals surface area (Å²) >= 11 is 0. The third kappa shape index (κ3) is 5.81. The number of hydrogen-bond acceptors (Lipinski definition) is 5. The molecule has 6 rings (SSSR count). The summed E-state index contributed by atoms with van der Waals surface area (Å²) in [4.78, 5) is 50.4. The molecule has 2 aromatic carbocycles. The van der Waals surface area contributed by atoms with Crippen LogP contribution in [-0.2, 0) is 32.1 Å². The number of aliphatic hydroxyl groups is 1. The third-order valence-corrected chi connectivity index (χ3v) is 11.7. The number of benzene rings is 2. The summed E-state index contributed by atoms with van der Waals surface area (Å²) in [6.45, 7) is 12.7. The molecule has 0 radical (unpaired) electrons. The molecule has 4 fully saturated rings. The van der Waals surface area contributed by atoms with Crippen LogP contribution in [0.5, 0.6) is 0 Å². The van der Waals surface area contributed by atoms with Gasteiger partial charge in [0.2, 0.25) is 17.7 Å². The van der Waals surface area contributed by atoms with Crippen molar-refractivity contribution in [2.45, 2.75) is 94.7 Å². The maximum atomic E-state index is 15.2. The Kier molecular flexibility index (Phi) is 9.96. The van der Waals surface area contributed by atoms with Crippen molar-refractivity contribution < 1.29 is 24.2 Å². The van der Waals surface area contributed by atoms with Gasteiger partial charge in [-0.15, -0.1) is 13.2 Å². The van der Waals surface area contributed by atoms with Crippen LogP contribution in [0, 0.1) is 17.8 Å². The molecule has 48 heavy (non-hydrogen) atoms. The van der Waals surface area contributed by atoms with Crippen LogP contribution in [0.2, 0.25) is 0 Å². The maximum absolute atomic E-state index is 15.2. The van der Waals surface area contributed by atoms with E-state index in [-0.39, 0.29) is 36.3 Å². The normalized spacial score (nSPS) is 30.1. The second-order valence-electron chi connectivity index (χ2n) is 14.5. The van der Waals surface area contributed by atoms with Crippen LogP contribution < -0.4 is 0 Å². The van der Waals surface area contributed by atoms with Crippen molar-refractivity contribution in [3.8, 4) is 0 Å². The average Bonchev–Trinajstić information content (AvgIpc) is 3.62. The van der Waals surface area contributed by atoms with Crippen molar-refractivity contribution in [1.29, 1.82) is 0 Å². The number of carbonyl (C=O) groups excluding carboxylic acids is 3. The topological polar surface area (TPSA) is 90.4 Å². The summed E-state index contributed by atoms with van der Waals surface area (Å²) in [6.07, 6.45) is 9.36. The fourth-order valence-corrected chi connectivity index (χ4v) is 9.36. The van der Waals surface area contributed by atoms with E-state index in [2.05, 4.69) is 20.1 Å². The number of hydrogen-bond donors (Lipinski definition) is 1. The first-order chi connectivity index (χ1) is 23.2. The van der Waals surface area contributed by atoms with E-state index in [1.54, 1.807) is 22.0 Å². The van der Waals surface area contributed by atoms with Gasteiger partial charge in [-0.3, -0.25) is 14.4 Å². The lowest BCUT2D eigenvalue weighted by atomic mass is 9.62. The van der Waals surface area contributed by atoms with Gasteiger partial charge in [0.15, 0.2) is 0 Å². The van der Waals surface area contributed by atoms with E-state index in [1.165, 1.54) is 0 Å². The molecule has 1 aliphatic carbocycles. The van der Waals surface area contributed by atoms with E-state index in [1.807, 2.05) is 72.5 Å². The van der Waals surface area contributed by atoms with Crippen LogP contribution in [0.25, 0.3) is 0 Å². The van der Waals surface area contributed by atoms with Crippen LogP contribution >= 0.6 is 0 Å². The van der Waals surface area contributed by atoms with E-state index >= 15 is 9.59 Å². The van der Waals surface area contributed by atoms with Crippen LogP contribution in [0.1, 0.15) is 63.5 Å². The fraction of sp³-hybridized carbons (Fsp3) is 0.525. The lowest BCUT2D eigenvalue weighted by Gasteiger charge is -2.42. The molecule has 2 aromatic rings. The number of ether oxygens (including phenoxy) is 1. The Bertz CT molecular complexity index is 1490. The van der Waals surface area contributed by atoms with E-state index in [0.29, 0.717) is 32.5 Å². The van der Waals surface area contributed by atoms with E-state index in [9.17, 15) is 9.90 Å². The largest absolute Gasteiger partial charge is 0.394 e. The van der Waals surface area contributed by atoms with Gasteiger partial charge in [0.25, 0.3) is 0 Å². The molecule has 8 heteroatoms. The summed E-state index contributed by atoms with van der Waals surface area (Å²) in [7, 11) is 0. The molecule has 7 atom stereocenters. The number of amides is 3. The second-order valence-corrected chi connectivity index (χ2v) is 14.5. The van der Waals surface area contributed by atoms with Gasteiger partial charge in [-0.2, -0.15) is 0 Å². The van der Waals surface area contributed by atoms with Gasteiger partial charge in [-0.25, -0.2) is 0 Å². The highest BCUT2D eigenvalue weighted by Crippen LogP contribution is 2.66. The molecule has 3 amide bonds. The standard InChI is InChI=1S/C40H51N3O5/c1-5-22-41(26-30-18-12-8-13-19-30)36(45)33-34-37(46)43(32(27-44)24-29-16-10-7-11-17-29)35(40(34)25-28(3)39(33,4)48-40)38(47)42(23-6-2)31-20-14-9-15-21-31/h5-8,10-13,16-19,28,31-35,44H,1-2,9,14-15,20-27H2,3-4H3/t28?,32-,33-,34+,35?,39+,40?/m1/s1. The molecule has 2 bridgehead atoms. The summed E-state index contributed by atoms with van der Waals surface area (Å²) in [5.74, 6) is -2.35. The van der Waals surface area contributed by atoms with Crippen molar-refractivity contribution in [2.75, 3.05) is 19.7 Å². The molecule has 3 saturated heterocycles. The molecule has 8 nitrogen and oxygen atoms in total. The molecule has 3 unspecified atom stereocenters. The van der Waals surface area contributed by atoms with Crippen LogP contribution in [-0.4, -0.2) is 86.6 Å². The van der Waals surface area contributed by atoms with E-state index in [4.69, 9.17) is 4.74 Å². The maximum Gasteiger partial charge on any atom is 0.248 e. The average molecular weight is 654 g/mol. The number of rotatable bonds is 13. The van der Waals surface area contributed by atoms with Crippen molar-refractivity contribution in [3.05, 3.63) is 97.1 Å². The Hall–Kier alpha value is -3.75. The van der Waals surface area contributed by atoms with Gasteiger partial charge >= 0.3 is 0 Å². The highest BCUT2D eigenvalue weighted by atomic mass is 16.5. The summed E-state index contributed by atoms with van der Waals surface area (Å²) in [6, 6.07) is 18.0. The van der Waals surface area contributed by atoms with Crippen LogP contribution in [0.15, 0.2) is 86.0 Å². The predicted molar refractivity (Wildman–Crippen MR) is 185 cm³/mol. The van der Waals surface area contributed by atoms with E-state index < -0.39 is 35.1 Å². The van der Waals surface area contributed by atoms with Gasteiger partial charge in [0.1, 0.15) is 11.6 Å². The van der Waals surface area contributed by atoms with Gasteiger partial charge in [0.05, 0.1) is 30.1 Å². The van der Waals surface area contributed by atoms with E-state index in [0.717, 1.165) is 43.2 Å². The number of fused-ring (bicyclic) bond motifs is 1. The Morgan fingerprint density at radius 3 is 2.21 bits per heavy atom. The van der Waals surface area contributed by atoms with Gasteiger partial charge in [0, 0.05) is 25.7 Å². The summed E-state index contributed by atoms with van der Waals surface area (Å²) < 4.78 is 7.10. The molecular formula is C40H51N3O5. The Balaban J connectivity index is 1.44. The minimum Gasteiger partial charge on any atom is -0.394 e. The molecule has 3 aliphatic heterocycles. The third-order valence-electron chi connectivity index (χ3n) is 11.7. The fourth-order valence-electron chi connectivity index (χ4n) is 9.36. The monoisotopic (exact) mass is 653 g/mol. The highest BCUT2D eigenvalue weighted by molar-refractivity contribution is 5.99.